The summed E-state index contributed by atoms with van der Waals surface area (Å²) in [7, 11) is 0. The lowest BCUT2D eigenvalue weighted by Gasteiger charge is -2.02. The molecule has 108 valence electrons. The smallest absolute Gasteiger partial charge is 0.123 e. The van der Waals surface area contributed by atoms with Gasteiger partial charge >= 0.3 is 0 Å². The number of rotatable bonds is 8. The average molecular weight is 288 g/mol. The van der Waals surface area contributed by atoms with Gasteiger partial charge in [-0.15, -0.1) is 11.3 Å². The molecule has 1 aromatic heterocycles. The van der Waals surface area contributed by atoms with E-state index >= 15 is 0 Å². The molecule has 0 saturated heterocycles. The van der Waals surface area contributed by atoms with Gasteiger partial charge in [-0.25, -0.2) is 4.98 Å². The van der Waals surface area contributed by atoms with Crippen LogP contribution in [0.4, 0.5) is 0 Å². The number of thiazole rings is 1. The minimum atomic E-state index is 0.789. The van der Waals surface area contributed by atoms with E-state index in [-0.39, 0.29) is 0 Å². The maximum atomic E-state index is 5.52. The van der Waals surface area contributed by atoms with Crippen LogP contribution in [0, 0.1) is 0 Å². The molecule has 1 heterocycles. The lowest BCUT2D eigenvalue weighted by molar-refractivity contribution is 0.745. The molecule has 2 aromatic rings. The van der Waals surface area contributed by atoms with E-state index in [4.69, 9.17) is 5.73 Å². The second-order valence-electron chi connectivity index (χ2n) is 5.18. The van der Waals surface area contributed by atoms with Gasteiger partial charge in [0.05, 0.1) is 0 Å². The normalized spacial score (nSPS) is 10.9. The number of nitrogens with zero attached hydrogens (tertiary/aromatic N) is 1. The molecule has 2 nitrogen and oxygen atoms in total. The number of unbranched alkanes of at least 4 members (excludes halogenated alkanes) is 2. The summed E-state index contributed by atoms with van der Waals surface area (Å²) in [6.45, 7) is 3.02. The van der Waals surface area contributed by atoms with Gasteiger partial charge in [-0.2, -0.15) is 0 Å². The van der Waals surface area contributed by atoms with Crippen LogP contribution in [0.1, 0.15) is 43.0 Å². The first-order valence-electron chi connectivity index (χ1n) is 7.57. The van der Waals surface area contributed by atoms with E-state index < -0.39 is 0 Å². The van der Waals surface area contributed by atoms with Gasteiger partial charge in [0.1, 0.15) is 5.01 Å². The lowest BCUT2D eigenvalue weighted by atomic mass is 10.1. The summed E-state index contributed by atoms with van der Waals surface area (Å²) in [5.41, 5.74) is 8.15. The van der Waals surface area contributed by atoms with Crippen molar-refractivity contribution in [3.05, 3.63) is 40.9 Å². The predicted octanol–water partition coefficient (Wildman–Crippen LogP) is 4.43. The van der Waals surface area contributed by atoms with Crippen LogP contribution in [-0.4, -0.2) is 11.5 Å². The van der Waals surface area contributed by atoms with Crippen molar-refractivity contribution < 1.29 is 0 Å². The Morgan fingerprint density at radius 1 is 1.05 bits per heavy atom. The van der Waals surface area contributed by atoms with Crippen molar-refractivity contribution in [1.82, 2.24) is 4.98 Å². The number of aryl methyl sites for hydroxylation is 2. The molecule has 2 N–H and O–H groups in total. The molecule has 0 fully saturated rings. The Morgan fingerprint density at radius 3 is 2.55 bits per heavy atom. The molecule has 3 heteroatoms. The summed E-state index contributed by atoms with van der Waals surface area (Å²) in [5.74, 6) is 0. The van der Waals surface area contributed by atoms with Gasteiger partial charge in [-0.1, -0.05) is 37.6 Å². The number of aromatic nitrogens is 1. The third-order valence-electron chi connectivity index (χ3n) is 3.45. The summed E-state index contributed by atoms with van der Waals surface area (Å²) in [5, 5.41) is 1.14. The largest absolute Gasteiger partial charge is 0.330 e. The van der Waals surface area contributed by atoms with E-state index in [1.165, 1.54) is 35.3 Å². The van der Waals surface area contributed by atoms with Gasteiger partial charge in [0.25, 0.3) is 0 Å². The fraction of sp³-hybridized carbons (Fsp3) is 0.471. The fourth-order valence-electron chi connectivity index (χ4n) is 2.20. The molecular formula is C17H24N2S. The highest BCUT2D eigenvalue weighted by Gasteiger charge is 2.04. The molecule has 1 aromatic carbocycles. The summed E-state index contributed by atoms with van der Waals surface area (Å²) in [6, 6.07) is 8.83. The molecule has 0 aliphatic rings. The number of hydrogen-bond donors (Lipinski definition) is 1. The molecule has 0 saturated carbocycles. The quantitative estimate of drug-likeness (QED) is 0.730. The van der Waals surface area contributed by atoms with E-state index in [1.807, 2.05) is 17.5 Å². The molecule has 0 aliphatic carbocycles. The summed E-state index contributed by atoms with van der Waals surface area (Å²) < 4.78 is 0. The Labute approximate surface area is 126 Å². The van der Waals surface area contributed by atoms with Crippen molar-refractivity contribution in [3.63, 3.8) is 0 Å². The molecule has 20 heavy (non-hydrogen) atoms. The molecule has 2 rings (SSSR count). The van der Waals surface area contributed by atoms with Gasteiger partial charge in [-0.05, 0) is 44.2 Å². The number of nitrogens with two attached hydrogens (primary N) is 1. The summed E-state index contributed by atoms with van der Waals surface area (Å²) in [6.07, 6.45) is 9.09. The molecule has 0 bridgehead atoms. The van der Waals surface area contributed by atoms with Crippen molar-refractivity contribution in [3.8, 4) is 10.6 Å². The van der Waals surface area contributed by atoms with Crippen molar-refractivity contribution in [2.45, 2.75) is 45.4 Å². The zero-order chi connectivity index (χ0) is 14.2. The maximum Gasteiger partial charge on any atom is 0.123 e. The Kier molecular flexibility index (Phi) is 6.22. The number of hydrogen-bond acceptors (Lipinski definition) is 3. The van der Waals surface area contributed by atoms with Crippen LogP contribution in [0.25, 0.3) is 10.6 Å². The minimum absolute atomic E-state index is 0.789. The lowest BCUT2D eigenvalue weighted by Crippen LogP contribution is -1.98. The summed E-state index contributed by atoms with van der Waals surface area (Å²) in [4.78, 5) is 5.94. The molecule has 0 amide bonds. The van der Waals surface area contributed by atoms with Crippen LogP contribution in [0.15, 0.2) is 30.5 Å². The van der Waals surface area contributed by atoms with E-state index in [0.717, 1.165) is 30.8 Å². The first kappa shape index (κ1) is 15.2. The van der Waals surface area contributed by atoms with Gasteiger partial charge in [0.2, 0.25) is 0 Å². The zero-order valence-electron chi connectivity index (χ0n) is 12.3. The van der Waals surface area contributed by atoms with Gasteiger partial charge in [0.15, 0.2) is 0 Å². The Balaban J connectivity index is 1.96. The van der Waals surface area contributed by atoms with Crippen LogP contribution < -0.4 is 5.73 Å². The predicted molar refractivity (Wildman–Crippen MR) is 88.2 cm³/mol. The zero-order valence-corrected chi connectivity index (χ0v) is 13.1. The van der Waals surface area contributed by atoms with E-state index in [0.29, 0.717) is 0 Å². The molecule has 0 spiro atoms. The third-order valence-corrected chi connectivity index (χ3v) is 4.56. The Morgan fingerprint density at radius 2 is 1.85 bits per heavy atom. The van der Waals surface area contributed by atoms with Gasteiger partial charge < -0.3 is 5.73 Å². The first-order valence-corrected chi connectivity index (χ1v) is 8.39. The highest BCUT2D eigenvalue weighted by molar-refractivity contribution is 7.15. The van der Waals surface area contributed by atoms with Crippen LogP contribution in [0.5, 0.6) is 0 Å². The fourth-order valence-corrected chi connectivity index (χ4v) is 3.15. The Hall–Kier alpha value is -1.19. The molecule has 0 radical (unpaired) electrons. The summed E-state index contributed by atoms with van der Waals surface area (Å²) >= 11 is 1.83. The van der Waals surface area contributed by atoms with Crippen molar-refractivity contribution in [1.29, 1.82) is 0 Å². The molecular weight excluding hydrogens is 264 g/mol. The van der Waals surface area contributed by atoms with Crippen LogP contribution in [-0.2, 0) is 12.8 Å². The molecule has 0 aliphatic heterocycles. The van der Waals surface area contributed by atoms with Gasteiger partial charge in [-0.3, -0.25) is 0 Å². The van der Waals surface area contributed by atoms with Crippen LogP contribution in [0.3, 0.4) is 0 Å². The van der Waals surface area contributed by atoms with Gasteiger partial charge in [0, 0.05) is 16.6 Å². The average Bonchev–Trinajstić information content (AvgIpc) is 2.95. The highest BCUT2D eigenvalue weighted by Crippen LogP contribution is 2.26. The maximum absolute atomic E-state index is 5.52. The SMILES string of the molecule is CCCCc1cnc(-c2ccc(CCCCN)cc2)s1. The van der Waals surface area contributed by atoms with E-state index in [2.05, 4.69) is 36.2 Å². The van der Waals surface area contributed by atoms with Crippen LogP contribution >= 0.6 is 11.3 Å². The Bertz CT molecular complexity index is 502. The topological polar surface area (TPSA) is 38.9 Å². The van der Waals surface area contributed by atoms with Crippen molar-refractivity contribution in [2.24, 2.45) is 5.73 Å². The highest BCUT2D eigenvalue weighted by atomic mass is 32.1. The number of benzene rings is 1. The van der Waals surface area contributed by atoms with Crippen molar-refractivity contribution >= 4 is 11.3 Å². The second-order valence-corrected chi connectivity index (χ2v) is 6.29. The van der Waals surface area contributed by atoms with E-state index in [1.54, 1.807) is 0 Å². The second kappa shape index (κ2) is 8.18. The van der Waals surface area contributed by atoms with Crippen LogP contribution in [0.2, 0.25) is 0 Å². The molecule has 0 unspecified atom stereocenters. The molecule has 0 atom stereocenters. The first-order chi connectivity index (χ1) is 9.83. The third kappa shape index (κ3) is 4.43. The monoisotopic (exact) mass is 288 g/mol. The van der Waals surface area contributed by atoms with E-state index in [9.17, 15) is 0 Å². The van der Waals surface area contributed by atoms with Crippen molar-refractivity contribution in [2.75, 3.05) is 6.54 Å². The standard InChI is InChI=1S/C17H24N2S/c1-2-3-7-16-13-19-17(20-16)15-10-8-14(9-11-15)6-4-5-12-18/h8-11,13H,2-7,12,18H2,1H3. The minimum Gasteiger partial charge on any atom is -0.330 e.